The summed E-state index contributed by atoms with van der Waals surface area (Å²) in [7, 11) is 0. The van der Waals surface area contributed by atoms with E-state index in [-0.39, 0.29) is 18.0 Å². The van der Waals surface area contributed by atoms with E-state index in [9.17, 15) is 25.1 Å². The number of carbonyl (C=O) groups excluding carboxylic acids is 1. The summed E-state index contributed by atoms with van der Waals surface area (Å²) in [5, 5.41) is 30.3. The van der Waals surface area contributed by atoms with Gasteiger partial charge in [0.1, 0.15) is 18.0 Å². The minimum Gasteiger partial charge on any atom is -0.462 e. The number of carbonyl (C=O) groups is 1. The zero-order valence-corrected chi connectivity index (χ0v) is 11.6. The number of nitrogens with zero attached hydrogens (tertiary/aromatic N) is 1. The first-order chi connectivity index (χ1) is 10.4. The molecule has 9 heteroatoms. The van der Waals surface area contributed by atoms with E-state index in [0.717, 1.165) is 0 Å². The number of nitro benzene ring substituents is 1. The molecule has 1 aromatic rings. The van der Waals surface area contributed by atoms with Gasteiger partial charge in [-0.2, -0.15) is 0 Å². The van der Waals surface area contributed by atoms with Crippen molar-refractivity contribution in [2.45, 2.75) is 31.5 Å². The Morgan fingerprint density at radius 1 is 1.32 bits per heavy atom. The first-order valence-corrected chi connectivity index (χ1v) is 6.44. The molecule has 2 rings (SSSR count). The van der Waals surface area contributed by atoms with E-state index in [1.165, 1.54) is 31.2 Å². The van der Waals surface area contributed by atoms with Crippen LogP contribution in [0.1, 0.15) is 6.92 Å². The van der Waals surface area contributed by atoms with Crippen molar-refractivity contribution in [2.75, 3.05) is 6.61 Å². The molecule has 4 atom stereocenters. The molecule has 0 aromatic heterocycles. The summed E-state index contributed by atoms with van der Waals surface area (Å²) in [4.78, 5) is 20.9. The van der Waals surface area contributed by atoms with Crippen LogP contribution < -0.4 is 4.74 Å². The third-order valence-electron chi connectivity index (χ3n) is 3.05. The second-order valence-corrected chi connectivity index (χ2v) is 4.70. The van der Waals surface area contributed by atoms with Gasteiger partial charge in [0.05, 0.1) is 11.5 Å². The molecule has 1 aliphatic heterocycles. The molecule has 0 amide bonds. The van der Waals surface area contributed by atoms with Gasteiger partial charge in [0, 0.05) is 19.1 Å². The van der Waals surface area contributed by atoms with Gasteiger partial charge in [-0.3, -0.25) is 14.9 Å². The van der Waals surface area contributed by atoms with Crippen molar-refractivity contribution in [1.82, 2.24) is 0 Å². The Kier molecular flexibility index (Phi) is 4.91. The molecule has 0 aliphatic carbocycles. The Labute approximate surface area is 125 Å². The monoisotopic (exact) mass is 313 g/mol. The molecular weight excluding hydrogens is 298 g/mol. The zero-order chi connectivity index (χ0) is 16.3. The normalized spacial score (nSPS) is 28.0. The lowest BCUT2D eigenvalue weighted by molar-refractivity contribution is -0.384. The number of rotatable bonds is 4. The molecule has 120 valence electrons. The molecule has 9 nitrogen and oxygen atoms in total. The number of aliphatic hydroxyl groups is 2. The fourth-order valence-corrected chi connectivity index (χ4v) is 1.97. The highest BCUT2D eigenvalue weighted by Crippen LogP contribution is 2.23. The van der Waals surface area contributed by atoms with Crippen molar-refractivity contribution in [1.29, 1.82) is 0 Å². The van der Waals surface area contributed by atoms with Gasteiger partial charge >= 0.3 is 5.97 Å². The lowest BCUT2D eigenvalue weighted by Crippen LogP contribution is -2.56. The number of benzene rings is 1. The Balaban J connectivity index is 1.99. The molecule has 0 unspecified atom stereocenters. The molecule has 1 aliphatic rings. The average molecular weight is 313 g/mol. The summed E-state index contributed by atoms with van der Waals surface area (Å²) in [6.07, 6.45) is -4.96. The van der Waals surface area contributed by atoms with Crippen molar-refractivity contribution >= 4 is 11.7 Å². The molecular formula is C13H15NO8. The van der Waals surface area contributed by atoms with Gasteiger partial charge in [0.15, 0.2) is 6.10 Å². The Bertz CT molecular complexity index is 545. The Morgan fingerprint density at radius 3 is 2.50 bits per heavy atom. The Morgan fingerprint density at radius 2 is 1.95 bits per heavy atom. The van der Waals surface area contributed by atoms with Crippen molar-refractivity contribution in [3.63, 3.8) is 0 Å². The maximum atomic E-state index is 10.9. The molecule has 2 N–H and O–H groups in total. The van der Waals surface area contributed by atoms with Gasteiger partial charge in [-0.05, 0) is 12.1 Å². The maximum Gasteiger partial charge on any atom is 0.303 e. The zero-order valence-electron chi connectivity index (χ0n) is 11.6. The van der Waals surface area contributed by atoms with Crippen LogP contribution in [0.4, 0.5) is 5.69 Å². The molecule has 1 aromatic carbocycles. The molecule has 1 saturated heterocycles. The van der Waals surface area contributed by atoms with Crippen LogP contribution in [0.15, 0.2) is 24.3 Å². The molecule has 0 spiro atoms. The number of hydrogen-bond donors (Lipinski definition) is 2. The van der Waals surface area contributed by atoms with Crippen LogP contribution in [0.2, 0.25) is 0 Å². The first-order valence-electron chi connectivity index (χ1n) is 6.44. The first kappa shape index (κ1) is 16.1. The van der Waals surface area contributed by atoms with E-state index in [0.29, 0.717) is 0 Å². The van der Waals surface area contributed by atoms with E-state index in [4.69, 9.17) is 14.2 Å². The third-order valence-corrected chi connectivity index (χ3v) is 3.05. The largest absolute Gasteiger partial charge is 0.462 e. The van der Waals surface area contributed by atoms with E-state index in [2.05, 4.69) is 0 Å². The van der Waals surface area contributed by atoms with Gasteiger partial charge in [0.25, 0.3) is 5.69 Å². The van der Waals surface area contributed by atoms with Gasteiger partial charge in [0.2, 0.25) is 6.29 Å². The van der Waals surface area contributed by atoms with Crippen molar-refractivity contribution in [3.8, 4) is 5.75 Å². The predicted octanol–water partition coefficient (Wildman–Crippen LogP) is -0.0166. The highest BCUT2D eigenvalue weighted by atomic mass is 16.7. The van der Waals surface area contributed by atoms with Crippen LogP contribution in [-0.2, 0) is 14.3 Å². The number of aliphatic hydroxyl groups excluding tert-OH is 2. The van der Waals surface area contributed by atoms with Gasteiger partial charge in [-0.25, -0.2) is 0 Å². The summed E-state index contributed by atoms with van der Waals surface area (Å²) < 4.78 is 15.4. The number of nitro groups is 1. The topological polar surface area (TPSA) is 128 Å². The van der Waals surface area contributed by atoms with E-state index < -0.39 is 35.5 Å². The lowest BCUT2D eigenvalue weighted by atomic mass is 10.1. The smallest absolute Gasteiger partial charge is 0.303 e. The van der Waals surface area contributed by atoms with Crippen molar-refractivity contribution in [2.24, 2.45) is 0 Å². The SMILES string of the molecule is CC(=O)O[C@@H]1CO[C@@H](Oc2ccc([N+](=O)[O-])cc2)[C@H](O)[C@H]1O. The average Bonchev–Trinajstić information content (AvgIpc) is 2.47. The molecule has 0 saturated carbocycles. The standard InChI is InChI=1S/C13H15NO8/c1-7(15)21-10-6-20-13(12(17)11(10)16)22-9-4-2-8(3-5-9)14(18)19/h2-5,10-13,16-17H,6H2,1H3/t10-,11+,12-,13+/m1/s1. The van der Waals surface area contributed by atoms with Gasteiger partial charge in [-0.1, -0.05) is 0 Å². The number of non-ortho nitro benzene ring substituents is 1. The van der Waals surface area contributed by atoms with Crippen LogP contribution >= 0.6 is 0 Å². The van der Waals surface area contributed by atoms with Crippen LogP contribution in [0.25, 0.3) is 0 Å². The molecule has 0 radical (unpaired) electrons. The van der Waals surface area contributed by atoms with Crippen LogP contribution in [-0.4, -0.2) is 52.3 Å². The molecule has 22 heavy (non-hydrogen) atoms. The maximum absolute atomic E-state index is 10.9. The third kappa shape index (κ3) is 3.70. The lowest BCUT2D eigenvalue weighted by Gasteiger charge is -2.36. The highest BCUT2D eigenvalue weighted by molar-refractivity contribution is 5.66. The van der Waals surface area contributed by atoms with E-state index >= 15 is 0 Å². The fourth-order valence-electron chi connectivity index (χ4n) is 1.97. The summed E-state index contributed by atoms with van der Waals surface area (Å²) in [6.45, 7) is 1.04. The number of ether oxygens (including phenoxy) is 3. The van der Waals surface area contributed by atoms with E-state index in [1.54, 1.807) is 0 Å². The van der Waals surface area contributed by atoms with Crippen LogP contribution in [0, 0.1) is 10.1 Å². The van der Waals surface area contributed by atoms with Crippen molar-refractivity contribution in [3.05, 3.63) is 34.4 Å². The van der Waals surface area contributed by atoms with Crippen molar-refractivity contribution < 1.29 is 34.1 Å². The predicted molar refractivity (Wildman–Crippen MR) is 71.0 cm³/mol. The summed E-state index contributed by atoms with van der Waals surface area (Å²) in [6, 6.07) is 5.17. The quantitative estimate of drug-likeness (QED) is 0.451. The molecule has 0 bridgehead atoms. The minimum atomic E-state index is -1.44. The second kappa shape index (κ2) is 6.69. The fraction of sp³-hybridized carbons (Fsp3) is 0.462. The molecule has 1 fully saturated rings. The van der Waals surface area contributed by atoms with Crippen LogP contribution in [0.5, 0.6) is 5.75 Å². The van der Waals surface area contributed by atoms with Gasteiger partial charge < -0.3 is 24.4 Å². The molecule has 1 heterocycles. The van der Waals surface area contributed by atoms with Crippen LogP contribution in [0.3, 0.4) is 0 Å². The number of hydrogen-bond acceptors (Lipinski definition) is 8. The second-order valence-electron chi connectivity index (χ2n) is 4.70. The summed E-state index contributed by atoms with van der Waals surface area (Å²) in [5.41, 5.74) is -0.104. The minimum absolute atomic E-state index is 0.104. The summed E-state index contributed by atoms with van der Waals surface area (Å²) in [5.74, 6) is -0.373. The highest BCUT2D eigenvalue weighted by Gasteiger charge is 2.41. The Hall–Kier alpha value is -2.23. The van der Waals surface area contributed by atoms with Gasteiger partial charge in [-0.15, -0.1) is 0 Å². The van der Waals surface area contributed by atoms with E-state index in [1.807, 2.05) is 0 Å². The summed E-state index contributed by atoms with van der Waals surface area (Å²) >= 11 is 0. The number of esters is 1.